The third-order valence-electron chi connectivity index (χ3n) is 6.12. The number of hydrogen-bond acceptors (Lipinski definition) is 6. The average molecular weight is 516 g/mol. The van der Waals surface area contributed by atoms with E-state index in [0.717, 1.165) is 35.9 Å². The van der Waals surface area contributed by atoms with Crippen LogP contribution in [0.15, 0.2) is 65.1 Å². The van der Waals surface area contributed by atoms with E-state index in [4.69, 9.17) is 18.9 Å². The van der Waals surface area contributed by atoms with E-state index >= 15 is 0 Å². The van der Waals surface area contributed by atoms with Crippen LogP contribution in [0.4, 0.5) is 10.5 Å². The fourth-order valence-electron chi connectivity index (χ4n) is 4.09. The standard InChI is InChI=1S/C30H33N3O5/c1-4-37-28(34)8-6-5-7-17-31-30(35)33-24-19-23(14-15-26(24)36-3)29-32-25-18-22(13-16-27(25)38-29)21-11-9-20(2)10-12-21/h9-16,18-19H,4-8,17H2,1-3H3,(H2,31,33,35). The van der Waals surface area contributed by atoms with Crippen molar-refractivity contribution in [1.82, 2.24) is 10.3 Å². The Bertz CT molecular complexity index is 1400. The molecule has 2 N–H and O–H groups in total. The van der Waals surface area contributed by atoms with Crippen LogP contribution < -0.4 is 15.4 Å². The maximum absolute atomic E-state index is 12.5. The van der Waals surface area contributed by atoms with E-state index in [0.29, 0.717) is 48.0 Å². The molecule has 0 aliphatic carbocycles. The largest absolute Gasteiger partial charge is 0.495 e. The van der Waals surface area contributed by atoms with Crippen LogP contribution in [0.1, 0.15) is 38.2 Å². The number of fused-ring (bicyclic) bond motifs is 1. The molecule has 0 aliphatic rings. The number of ether oxygens (including phenoxy) is 2. The number of anilines is 1. The Morgan fingerprint density at radius 3 is 2.45 bits per heavy atom. The monoisotopic (exact) mass is 515 g/mol. The van der Waals surface area contributed by atoms with E-state index in [-0.39, 0.29) is 12.0 Å². The van der Waals surface area contributed by atoms with Gasteiger partial charge in [0.2, 0.25) is 5.89 Å². The SMILES string of the molecule is CCOC(=O)CCCCCNC(=O)Nc1cc(-c2nc3cc(-c4ccc(C)cc4)ccc3o2)ccc1OC. The van der Waals surface area contributed by atoms with Gasteiger partial charge in [0.15, 0.2) is 5.58 Å². The Kier molecular flexibility index (Phi) is 8.98. The molecule has 8 nitrogen and oxygen atoms in total. The second-order valence-electron chi connectivity index (χ2n) is 8.98. The second-order valence-corrected chi connectivity index (χ2v) is 8.98. The first-order valence-corrected chi connectivity index (χ1v) is 12.8. The number of esters is 1. The number of nitrogens with zero attached hydrogens (tertiary/aromatic N) is 1. The lowest BCUT2D eigenvalue weighted by atomic mass is 10.0. The topological polar surface area (TPSA) is 103 Å². The maximum atomic E-state index is 12.5. The summed E-state index contributed by atoms with van der Waals surface area (Å²) in [6.07, 6.45) is 2.71. The molecule has 0 spiro atoms. The number of methoxy groups -OCH3 is 1. The average Bonchev–Trinajstić information content (AvgIpc) is 3.35. The predicted octanol–water partition coefficient (Wildman–Crippen LogP) is 6.72. The molecule has 0 atom stereocenters. The van der Waals surface area contributed by atoms with E-state index in [1.165, 1.54) is 5.56 Å². The van der Waals surface area contributed by atoms with Crippen LogP contribution in [-0.4, -0.2) is 37.2 Å². The number of rotatable bonds is 11. The smallest absolute Gasteiger partial charge is 0.319 e. The molecule has 1 heterocycles. The van der Waals surface area contributed by atoms with Crippen molar-refractivity contribution in [2.75, 3.05) is 25.6 Å². The van der Waals surface area contributed by atoms with Crippen LogP contribution in [0.25, 0.3) is 33.7 Å². The van der Waals surface area contributed by atoms with E-state index < -0.39 is 0 Å². The van der Waals surface area contributed by atoms with Crippen LogP contribution in [-0.2, 0) is 9.53 Å². The summed E-state index contributed by atoms with van der Waals surface area (Å²) in [5.41, 5.74) is 6.05. The molecule has 0 bridgehead atoms. The van der Waals surface area contributed by atoms with Crippen LogP contribution >= 0.6 is 0 Å². The van der Waals surface area contributed by atoms with Crippen LogP contribution in [0.2, 0.25) is 0 Å². The van der Waals surface area contributed by atoms with Crippen molar-refractivity contribution in [1.29, 1.82) is 0 Å². The lowest BCUT2D eigenvalue weighted by Crippen LogP contribution is -2.29. The highest BCUT2D eigenvalue weighted by molar-refractivity contribution is 5.92. The number of urea groups is 1. The van der Waals surface area contributed by atoms with Gasteiger partial charge in [0.05, 0.1) is 19.4 Å². The fraction of sp³-hybridized carbons (Fsp3) is 0.300. The van der Waals surface area contributed by atoms with E-state index in [9.17, 15) is 9.59 Å². The number of amides is 2. The molecule has 198 valence electrons. The highest BCUT2D eigenvalue weighted by Gasteiger charge is 2.14. The van der Waals surface area contributed by atoms with Crippen LogP contribution in [0, 0.1) is 6.92 Å². The van der Waals surface area contributed by atoms with Gasteiger partial charge in [-0.2, -0.15) is 0 Å². The van der Waals surface area contributed by atoms with Gasteiger partial charge in [-0.3, -0.25) is 4.79 Å². The van der Waals surface area contributed by atoms with E-state index in [1.807, 2.05) is 24.3 Å². The first-order valence-electron chi connectivity index (χ1n) is 12.8. The highest BCUT2D eigenvalue weighted by Crippen LogP contribution is 2.33. The Morgan fingerprint density at radius 1 is 0.921 bits per heavy atom. The first-order chi connectivity index (χ1) is 18.5. The lowest BCUT2D eigenvalue weighted by molar-refractivity contribution is -0.143. The van der Waals surface area contributed by atoms with Gasteiger partial charge in [-0.1, -0.05) is 42.3 Å². The number of aromatic nitrogens is 1. The lowest BCUT2D eigenvalue weighted by Gasteiger charge is -2.12. The Labute approximate surface area is 222 Å². The molecular formula is C30H33N3O5. The number of carbonyl (C=O) groups excluding carboxylic acids is 2. The Balaban J connectivity index is 1.40. The molecule has 4 rings (SSSR count). The molecule has 4 aromatic rings. The number of unbranched alkanes of at least 4 members (excludes halogenated alkanes) is 2. The van der Waals surface area contributed by atoms with E-state index in [2.05, 4.69) is 41.8 Å². The third-order valence-corrected chi connectivity index (χ3v) is 6.12. The molecular weight excluding hydrogens is 482 g/mol. The van der Waals surface area contributed by atoms with Gasteiger partial charge >= 0.3 is 12.0 Å². The molecule has 0 saturated carbocycles. The van der Waals surface area contributed by atoms with Crippen LogP contribution in [0.3, 0.4) is 0 Å². The fourth-order valence-corrected chi connectivity index (χ4v) is 4.09. The zero-order valence-corrected chi connectivity index (χ0v) is 22.0. The molecule has 0 unspecified atom stereocenters. The van der Waals surface area contributed by atoms with Crippen molar-refractivity contribution < 1.29 is 23.5 Å². The summed E-state index contributed by atoms with van der Waals surface area (Å²) in [6.45, 7) is 4.74. The number of nitrogens with one attached hydrogen (secondary N) is 2. The molecule has 1 aromatic heterocycles. The highest BCUT2D eigenvalue weighted by atomic mass is 16.5. The minimum absolute atomic E-state index is 0.184. The van der Waals surface area contributed by atoms with Crippen molar-refractivity contribution in [3.05, 3.63) is 66.2 Å². The summed E-state index contributed by atoms with van der Waals surface area (Å²) in [5, 5.41) is 5.69. The summed E-state index contributed by atoms with van der Waals surface area (Å²) in [5.74, 6) is 0.792. The number of carbonyl (C=O) groups is 2. The van der Waals surface area contributed by atoms with Gasteiger partial charge < -0.3 is 24.5 Å². The molecule has 0 aliphatic heterocycles. The van der Waals surface area contributed by atoms with Crippen molar-refractivity contribution in [3.63, 3.8) is 0 Å². The maximum Gasteiger partial charge on any atom is 0.319 e. The van der Waals surface area contributed by atoms with Crippen molar-refractivity contribution in [2.45, 2.75) is 39.5 Å². The van der Waals surface area contributed by atoms with Gasteiger partial charge in [0.1, 0.15) is 11.3 Å². The molecule has 3 aromatic carbocycles. The van der Waals surface area contributed by atoms with E-state index in [1.54, 1.807) is 26.2 Å². The summed E-state index contributed by atoms with van der Waals surface area (Å²) >= 11 is 0. The number of oxazole rings is 1. The van der Waals surface area contributed by atoms with Gasteiger partial charge in [0, 0.05) is 18.5 Å². The Morgan fingerprint density at radius 2 is 1.68 bits per heavy atom. The number of benzene rings is 3. The summed E-state index contributed by atoms with van der Waals surface area (Å²) in [6, 6.07) is 19.4. The molecule has 0 saturated heterocycles. The zero-order chi connectivity index (χ0) is 26.9. The Hall–Kier alpha value is -4.33. The summed E-state index contributed by atoms with van der Waals surface area (Å²) in [4.78, 5) is 28.6. The predicted molar refractivity (Wildman–Crippen MR) is 148 cm³/mol. The number of hydrogen-bond donors (Lipinski definition) is 2. The summed E-state index contributed by atoms with van der Waals surface area (Å²) < 4.78 is 16.4. The third kappa shape index (κ3) is 6.91. The van der Waals surface area contributed by atoms with Crippen molar-refractivity contribution in [2.24, 2.45) is 0 Å². The molecule has 0 fully saturated rings. The molecule has 38 heavy (non-hydrogen) atoms. The normalized spacial score (nSPS) is 10.8. The van der Waals surface area contributed by atoms with Gasteiger partial charge in [-0.25, -0.2) is 9.78 Å². The molecule has 0 radical (unpaired) electrons. The second kappa shape index (κ2) is 12.8. The zero-order valence-electron chi connectivity index (χ0n) is 22.0. The minimum Gasteiger partial charge on any atom is -0.495 e. The molecule has 8 heteroatoms. The quantitative estimate of drug-likeness (QED) is 0.170. The van der Waals surface area contributed by atoms with Crippen LogP contribution in [0.5, 0.6) is 5.75 Å². The van der Waals surface area contributed by atoms with Gasteiger partial charge in [-0.05, 0) is 68.1 Å². The van der Waals surface area contributed by atoms with Crippen molar-refractivity contribution in [3.8, 4) is 28.3 Å². The van der Waals surface area contributed by atoms with Gasteiger partial charge in [0.25, 0.3) is 0 Å². The minimum atomic E-state index is -0.342. The number of aryl methyl sites for hydroxylation is 1. The molecule has 2 amide bonds. The van der Waals surface area contributed by atoms with Crippen molar-refractivity contribution >= 4 is 28.8 Å². The van der Waals surface area contributed by atoms with Gasteiger partial charge in [-0.15, -0.1) is 0 Å². The first kappa shape index (κ1) is 26.7. The summed E-state index contributed by atoms with van der Waals surface area (Å²) in [7, 11) is 1.55.